The standard InChI is InChI=1S/C12H19FN6O2S/c1-2-3-22-12-15-10(14)7-11(16-12)19(18-17-7)6-4-5(13)8(20)9(6)21/h5-6,8-9,17-18,20-21H,2-4H2,1H3,(H2,14,15,16)/t5-,6+,8+,9-/m0/s1. The lowest BCUT2D eigenvalue weighted by atomic mass is 10.2. The van der Waals surface area contributed by atoms with Gasteiger partial charge in [-0.2, -0.15) is 0 Å². The van der Waals surface area contributed by atoms with E-state index in [2.05, 4.69) is 27.9 Å². The molecule has 0 saturated heterocycles. The highest BCUT2D eigenvalue weighted by molar-refractivity contribution is 7.99. The van der Waals surface area contributed by atoms with Gasteiger partial charge in [0, 0.05) is 12.2 Å². The van der Waals surface area contributed by atoms with Gasteiger partial charge in [-0.25, -0.2) is 14.4 Å². The highest BCUT2D eigenvalue weighted by Gasteiger charge is 2.47. The Morgan fingerprint density at radius 1 is 1.41 bits per heavy atom. The van der Waals surface area contributed by atoms with E-state index in [1.54, 1.807) is 0 Å². The third-order valence-corrected chi connectivity index (χ3v) is 4.83. The summed E-state index contributed by atoms with van der Waals surface area (Å²) in [5, 5.41) is 21.7. The summed E-state index contributed by atoms with van der Waals surface area (Å²) in [4.78, 5) is 8.63. The van der Waals surface area contributed by atoms with E-state index in [0.29, 0.717) is 16.7 Å². The number of fused-ring (bicyclic) bond motifs is 1. The molecule has 0 unspecified atom stereocenters. The summed E-state index contributed by atoms with van der Waals surface area (Å²) in [5.41, 5.74) is 12.0. The fourth-order valence-corrected chi connectivity index (χ4v) is 3.32. The summed E-state index contributed by atoms with van der Waals surface area (Å²) in [6.07, 6.45) is -3.11. The number of hydrogen-bond donors (Lipinski definition) is 5. The van der Waals surface area contributed by atoms with Gasteiger partial charge in [0.25, 0.3) is 0 Å². The van der Waals surface area contributed by atoms with Gasteiger partial charge in [0.05, 0.1) is 6.04 Å². The van der Waals surface area contributed by atoms with Crippen LogP contribution in [0.3, 0.4) is 0 Å². The van der Waals surface area contributed by atoms with Crippen molar-refractivity contribution in [2.75, 3.05) is 21.9 Å². The van der Waals surface area contributed by atoms with Crippen molar-refractivity contribution in [3.63, 3.8) is 0 Å². The predicted octanol–water partition coefficient (Wildman–Crippen LogP) is 0.0446. The number of hydrazine groups is 2. The van der Waals surface area contributed by atoms with Gasteiger partial charge < -0.3 is 15.9 Å². The number of nitrogens with one attached hydrogen (secondary N) is 2. The largest absolute Gasteiger partial charge is 0.388 e. The van der Waals surface area contributed by atoms with Crippen LogP contribution in [0.15, 0.2) is 5.16 Å². The van der Waals surface area contributed by atoms with Crippen LogP contribution in [-0.4, -0.2) is 50.4 Å². The van der Waals surface area contributed by atoms with Gasteiger partial charge in [-0.15, -0.1) is 5.53 Å². The molecule has 6 N–H and O–H groups in total. The Hall–Kier alpha value is -1.36. The number of anilines is 3. The summed E-state index contributed by atoms with van der Waals surface area (Å²) < 4.78 is 13.6. The number of aromatic nitrogens is 2. The van der Waals surface area contributed by atoms with E-state index < -0.39 is 24.4 Å². The molecule has 22 heavy (non-hydrogen) atoms. The molecule has 10 heteroatoms. The van der Waals surface area contributed by atoms with Crippen molar-refractivity contribution < 1.29 is 14.6 Å². The van der Waals surface area contributed by atoms with E-state index in [-0.39, 0.29) is 12.2 Å². The first-order chi connectivity index (χ1) is 10.5. The van der Waals surface area contributed by atoms with Crippen LogP contribution < -0.4 is 21.7 Å². The fraction of sp³-hybridized carbons (Fsp3) is 0.667. The molecule has 1 aliphatic carbocycles. The average Bonchev–Trinajstić information content (AvgIpc) is 3.02. The van der Waals surface area contributed by atoms with Crippen LogP contribution in [-0.2, 0) is 0 Å². The number of thioether (sulfide) groups is 1. The van der Waals surface area contributed by atoms with Crippen molar-refractivity contribution in [2.24, 2.45) is 0 Å². The molecule has 4 atom stereocenters. The maximum absolute atomic E-state index is 13.6. The summed E-state index contributed by atoms with van der Waals surface area (Å²) >= 11 is 1.48. The molecule has 122 valence electrons. The molecule has 0 bridgehead atoms. The van der Waals surface area contributed by atoms with Crippen molar-refractivity contribution in [1.29, 1.82) is 0 Å². The monoisotopic (exact) mass is 330 g/mol. The molecule has 1 fully saturated rings. The molecule has 2 heterocycles. The number of rotatable bonds is 4. The minimum atomic E-state index is -1.47. The van der Waals surface area contributed by atoms with E-state index in [1.165, 1.54) is 16.8 Å². The lowest BCUT2D eigenvalue weighted by Crippen LogP contribution is -2.49. The first kappa shape index (κ1) is 15.5. The molecule has 3 rings (SSSR count). The summed E-state index contributed by atoms with van der Waals surface area (Å²) in [6.45, 7) is 2.05. The number of nitrogen functional groups attached to an aromatic ring is 1. The van der Waals surface area contributed by atoms with Crippen LogP contribution in [0.4, 0.5) is 21.7 Å². The molecule has 2 aliphatic rings. The summed E-state index contributed by atoms with van der Waals surface area (Å²) in [6, 6.07) is -0.642. The minimum Gasteiger partial charge on any atom is -0.388 e. The second-order valence-corrected chi connectivity index (χ2v) is 6.41. The summed E-state index contributed by atoms with van der Waals surface area (Å²) in [5.74, 6) is 1.59. The van der Waals surface area contributed by atoms with E-state index in [1.807, 2.05) is 0 Å². The van der Waals surface area contributed by atoms with Crippen molar-refractivity contribution in [3.05, 3.63) is 0 Å². The van der Waals surface area contributed by atoms with Crippen LogP contribution in [0.25, 0.3) is 0 Å². The first-order valence-electron chi connectivity index (χ1n) is 7.14. The van der Waals surface area contributed by atoms with Crippen LogP contribution >= 0.6 is 11.8 Å². The molecule has 1 saturated carbocycles. The minimum absolute atomic E-state index is 0.00219. The van der Waals surface area contributed by atoms with Crippen LogP contribution in [0.1, 0.15) is 19.8 Å². The fourth-order valence-electron chi connectivity index (χ4n) is 2.62. The molecular formula is C12H19FN6O2S. The lowest BCUT2D eigenvalue weighted by Gasteiger charge is -2.27. The number of halogens is 1. The number of alkyl halides is 1. The molecule has 0 amide bonds. The SMILES string of the molecule is CCCSc1nc(N)c2c(n1)N([C@@H]1C[C@H](F)[C@@H](O)[C@H]1O)NN2. The Labute approximate surface area is 131 Å². The highest BCUT2D eigenvalue weighted by Crippen LogP contribution is 2.38. The maximum atomic E-state index is 13.6. The van der Waals surface area contributed by atoms with E-state index in [0.717, 1.165) is 12.2 Å². The smallest absolute Gasteiger partial charge is 0.191 e. The predicted molar refractivity (Wildman–Crippen MR) is 82.0 cm³/mol. The third kappa shape index (κ3) is 2.56. The van der Waals surface area contributed by atoms with E-state index in [9.17, 15) is 14.6 Å². The molecule has 0 spiro atoms. The number of aliphatic hydroxyl groups is 2. The third-order valence-electron chi connectivity index (χ3n) is 3.78. The first-order valence-corrected chi connectivity index (χ1v) is 8.13. The Balaban J connectivity index is 1.88. The van der Waals surface area contributed by atoms with Gasteiger partial charge in [-0.3, -0.25) is 10.4 Å². The van der Waals surface area contributed by atoms with Crippen LogP contribution in [0.5, 0.6) is 0 Å². The van der Waals surface area contributed by atoms with E-state index >= 15 is 0 Å². The number of aliphatic hydroxyl groups excluding tert-OH is 2. The Bertz CT molecular complexity index is 565. The molecule has 1 aliphatic heterocycles. The van der Waals surface area contributed by atoms with Crippen LogP contribution in [0, 0.1) is 0 Å². The average molecular weight is 330 g/mol. The van der Waals surface area contributed by atoms with Gasteiger partial charge in [0.2, 0.25) is 0 Å². The zero-order chi connectivity index (χ0) is 15.9. The second kappa shape index (κ2) is 6.03. The van der Waals surface area contributed by atoms with Gasteiger partial charge in [0.15, 0.2) is 16.8 Å². The molecule has 0 aromatic carbocycles. The van der Waals surface area contributed by atoms with Gasteiger partial charge in [0.1, 0.15) is 24.1 Å². The molecule has 8 nitrogen and oxygen atoms in total. The number of hydrogen-bond acceptors (Lipinski definition) is 9. The highest BCUT2D eigenvalue weighted by atomic mass is 32.2. The molecule has 1 aromatic rings. The van der Waals surface area contributed by atoms with E-state index in [4.69, 9.17) is 5.73 Å². The zero-order valence-electron chi connectivity index (χ0n) is 12.0. The molecule has 1 aromatic heterocycles. The zero-order valence-corrected chi connectivity index (χ0v) is 12.8. The Morgan fingerprint density at radius 3 is 2.82 bits per heavy atom. The van der Waals surface area contributed by atoms with Crippen molar-refractivity contribution in [2.45, 2.75) is 49.3 Å². The van der Waals surface area contributed by atoms with Crippen molar-refractivity contribution in [1.82, 2.24) is 15.5 Å². The maximum Gasteiger partial charge on any atom is 0.191 e. The number of nitrogens with zero attached hydrogens (tertiary/aromatic N) is 3. The number of nitrogens with two attached hydrogens (primary N) is 1. The Morgan fingerprint density at radius 2 is 2.18 bits per heavy atom. The molecular weight excluding hydrogens is 311 g/mol. The van der Waals surface area contributed by atoms with Crippen molar-refractivity contribution in [3.8, 4) is 0 Å². The molecule has 0 radical (unpaired) electrons. The quantitative estimate of drug-likeness (QED) is 0.385. The normalized spacial score (nSPS) is 30.5. The topological polar surface area (TPSA) is 120 Å². The summed E-state index contributed by atoms with van der Waals surface area (Å²) in [7, 11) is 0. The van der Waals surface area contributed by atoms with Gasteiger partial charge in [-0.1, -0.05) is 18.7 Å². The van der Waals surface area contributed by atoms with Crippen molar-refractivity contribution >= 4 is 29.1 Å². The Kier molecular flexibility index (Phi) is 4.26. The van der Waals surface area contributed by atoms with Gasteiger partial charge >= 0.3 is 0 Å². The van der Waals surface area contributed by atoms with Gasteiger partial charge in [-0.05, 0) is 6.42 Å². The van der Waals surface area contributed by atoms with Crippen LogP contribution in [0.2, 0.25) is 0 Å². The second-order valence-electron chi connectivity index (χ2n) is 5.35. The lowest BCUT2D eigenvalue weighted by molar-refractivity contribution is 0.00491.